The maximum atomic E-state index is 5.39. The van der Waals surface area contributed by atoms with E-state index in [9.17, 15) is 0 Å². The maximum absolute atomic E-state index is 5.39. The first kappa shape index (κ1) is 12.3. The molecule has 2 aromatic carbocycles. The van der Waals surface area contributed by atoms with Crippen LogP contribution >= 0.6 is 15.9 Å². The minimum Gasteiger partial charge on any atom is -0.496 e. The zero-order valence-electron chi connectivity index (χ0n) is 10.6. The summed E-state index contributed by atoms with van der Waals surface area (Å²) in [6.07, 6.45) is 2.11. The van der Waals surface area contributed by atoms with Gasteiger partial charge in [0, 0.05) is 22.6 Å². The van der Waals surface area contributed by atoms with E-state index in [0.717, 1.165) is 22.2 Å². The molecule has 0 saturated heterocycles. The number of hydrogen-bond donors (Lipinski definition) is 0. The van der Waals surface area contributed by atoms with Crippen molar-refractivity contribution in [3.63, 3.8) is 0 Å². The van der Waals surface area contributed by atoms with Crippen molar-refractivity contribution in [2.24, 2.45) is 0 Å². The summed E-state index contributed by atoms with van der Waals surface area (Å²) in [5.74, 6) is 0.922. The minimum atomic E-state index is 0.857. The van der Waals surface area contributed by atoms with Crippen LogP contribution in [0.5, 0.6) is 5.75 Å². The van der Waals surface area contributed by atoms with E-state index in [-0.39, 0.29) is 0 Å². The van der Waals surface area contributed by atoms with Crippen LogP contribution < -0.4 is 4.74 Å². The molecule has 1 aromatic heterocycles. The Morgan fingerprint density at radius 3 is 2.74 bits per heavy atom. The van der Waals surface area contributed by atoms with Gasteiger partial charge in [-0.15, -0.1) is 0 Å². The van der Waals surface area contributed by atoms with E-state index in [4.69, 9.17) is 4.74 Å². The van der Waals surface area contributed by atoms with Crippen molar-refractivity contribution in [1.82, 2.24) is 4.57 Å². The van der Waals surface area contributed by atoms with Crippen LogP contribution in [0.3, 0.4) is 0 Å². The average Bonchev–Trinajstić information content (AvgIpc) is 2.82. The smallest absolute Gasteiger partial charge is 0.128 e. The fourth-order valence-corrected chi connectivity index (χ4v) is 2.79. The predicted octanol–water partition coefficient (Wildman–Crippen LogP) is 4.46. The second-order valence-electron chi connectivity index (χ2n) is 4.47. The average molecular weight is 316 g/mol. The standard InChI is InChI=1S/C16H14BrNO/c1-19-16-7-3-6-15-14(16)8-9-18(15)11-12-4-2-5-13(17)10-12/h2-10H,11H2,1H3. The number of hydrogen-bond acceptors (Lipinski definition) is 1. The van der Waals surface area contributed by atoms with Gasteiger partial charge in [0.15, 0.2) is 0 Å². The Bertz CT molecular complexity index is 718. The molecule has 3 heteroatoms. The Morgan fingerprint density at radius 2 is 1.95 bits per heavy atom. The molecule has 0 amide bonds. The van der Waals surface area contributed by atoms with Crippen LogP contribution in [0.2, 0.25) is 0 Å². The number of methoxy groups -OCH3 is 1. The summed E-state index contributed by atoms with van der Waals surface area (Å²) in [5.41, 5.74) is 2.47. The maximum Gasteiger partial charge on any atom is 0.128 e. The Hall–Kier alpha value is -1.74. The van der Waals surface area contributed by atoms with Gasteiger partial charge in [-0.1, -0.05) is 34.1 Å². The first-order chi connectivity index (χ1) is 9.28. The van der Waals surface area contributed by atoms with Gasteiger partial charge in [0.1, 0.15) is 5.75 Å². The van der Waals surface area contributed by atoms with Gasteiger partial charge >= 0.3 is 0 Å². The van der Waals surface area contributed by atoms with E-state index >= 15 is 0 Å². The largest absolute Gasteiger partial charge is 0.496 e. The fraction of sp³-hybridized carbons (Fsp3) is 0.125. The molecule has 2 nitrogen and oxygen atoms in total. The van der Waals surface area contributed by atoms with Crippen LogP contribution in [-0.2, 0) is 6.54 Å². The third kappa shape index (κ3) is 2.38. The van der Waals surface area contributed by atoms with Gasteiger partial charge in [0.25, 0.3) is 0 Å². The molecule has 0 atom stereocenters. The second-order valence-corrected chi connectivity index (χ2v) is 5.38. The molecule has 0 bridgehead atoms. The lowest BCUT2D eigenvalue weighted by atomic mass is 10.2. The topological polar surface area (TPSA) is 14.2 Å². The van der Waals surface area contributed by atoms with Crippen molar-refractivity contribution in [3.8, 4) is 5.75 Å². The minimum absolute atomic E-state index is 0.857. The molecule has 1 heterocycles. The van der Waals surface area contributed by atoms with Crippen LogP contribution in [0.4, 0.5) is 0 Å². The van der Waals surface area contributed by atoms with E-state index in [1.54, 1.807) is 7.11 Å². The van der Waals surface area contributed by atoms with Crippen LogP contribution in [0.1, 0.15) is 5.56 Å². The van der Waals surface area contributed by atoms with Gasteiger partial charge in [-0.25, -0.2) is 0 Å². The molecule has 0 unspecified atom stereocenters. The summed E-state index contributed by atoms with van der Waals surface area (Å²) in [6, 6.07) is 16.6. The van der Waals surface area contributed by atoms with Crippen LogP contribution in [0.15, 0.2) is 59.2 Å². The zero-order chi connectivity index (χ0) is 13.2. The summed E-state index contributed by atoms with van der Waals surface area (Å²) < 4.78 is 8.74. The molecular weight excluding hydrogens is 302 g/mol. The summed E-state index contributed by atoms with van der Waals surface area (Å²) in [4.78, 5) is 0. The number of aromatic nitrogens is 1. The van der Waals surface area contributed by atoms with E-state index in [2.05, 4.69) is 57.0 Å². The highest BCUT2D eigenvalue weighted by Gasteiger charge is 2.06. The molecule has 0 radical (unpaired) electrons. The summed E-state index contributed by atoms with van der Waals surface area (Å²) >= 11 is 3.51. The molecule has 0 saturated carbocycles. The van der Waals surface area contributed by atoms with Gasteiger partial charge in [-0.05, 0) is 35.9 Å². The van der Waals surface area contributed by atoms with E-state index in [1.165, 1.54) is 11.1 Å². The molecule has 0 aliphatic carbocycles. The number of rotatable bonds is 3. The summed E-state index contributed by atoms with van der Waals surface area (Å²) in [7, 11) is 1.71. The molecule has 0 aliphatic rings. The molecule has 0 N–H and O–H groups in total. The summed E-state index contributed by atoms with van der Waals surface area (Å²) in [5, 5.41) is 1.15. The number of halogens is 1. The number of benzene rings is 2. The third-order valence-corrected chi connectivity index (χ3v) is 3.73. The van der Waals surface area contributed by atoms with Gasteiger partial charge in [-0.2, -0.15) is 0 Å². The highest BCUT2D eigenvalue weighted by atomic mass is 79.9. The Kier molecular flexibility index (Phi) is 3.30. The van der Waals surface area contributed by atoms with Crippen LogP contribution in [0, 0.1) is 0 Å². The van der Waals surface area contributed by atoms with Crippen LogP contribution in [0.25, 0.3) is 10.9 Å². The molecule has 0 spiro atoms. The van der Waals surface area contributed by atoms with Crippen molar-refractivity contribution in [1.29, 1.82) is 0 Å². The van der Waals surface area contributed by atoms with Crippen molar-refractivity contribution >= 4 is 26.8 Å². The molecule has 96 valence electrons. The predicted molar refractivity (Wildman–Crippen MR) is 81.7 cm³/mol. The second kappa shape index (κ2) is 5.10. The monoisotopic (exact) mass is 315 g/mol. The van der Waals surface area contributed by atoms with Gasteiger partial charge < -0.3 is 9.30 Å². The first-order valence-electron chi connectivity index (χ1n) is 6.14. The molecule has 3 aromatic rings. The first-order valence-corrected chi connectivity index (χ1v) is 6.93. The van der Waals surface area contributed by atoms with Gasteiger partial charge in [-0.3, -0.25) is 0 Å². The highest BCUT2D eigenvalue weighted by Crippen LogP contribution is 2.27. The van der Waals surface area contributed by atoms with Crippen molar-refractivity contribution in [2.75, 3.05) is 7.11 Å². The van der Waals surface area contributed by atoms with Gasteiger partial charge in [0.2, 0.25) is 0 Å². The molecular formula is C16H14BrNO. The number of nitrogens with zero attached hydrogens (tertiary/aromatic N) is 1. The van der Waals surface area contributed by atoms with Crippen molar-refractivity contribution in [3.05, 3.63) is 64.8 Å². The lowest BCUT2D eigenvalue weighted by molar-refractivity contribution is 0.420. The van der Waals surface area contributed by atoms with E-state index in [1.807, 2.05) is 18.2 Å². The quantitative estimate of drug-likeness (QED) is 0.696. The van der Waals surface area contributed by atoms with Crippen LogP contribution in [-0.4, -0.2) is 11.7 Å². The highest BCUT2D eigenvalue weighted by molar-refractivity contribution is 9.10. The number of ether oxygens (including phenoxy) is 1. The Labute approximate surface area is 120 Å². The Balaban J connectivity index is 2.02. The fourth-order valence-electron chi connectivity index (χ4n) is 2.34. The van der Waals surface area contributed by atoms with Gasteiger partial charge in [0.05, 0.1) is 12.6 Å². The van der Waals surface area contributed by atoms with Crippen molar-refractivity contribution in [2.45, 2.75) is 6.54 Å². The summed E-state index contributed by atoms with van der Waals surface area (Å²) in [6.45, 7) is 0.857. The lowest BCUT2D eigenvalue weighted by Crippen LogP contribution is -1.97. The molecule has 0 aliphatic heterocycles. The van der Waals surface area contributed by atoms with E-state index in [0.29, 0.717) is 0 Å². The van der Waals surface area contributed by atoms with Crippen molar-refractivity contribution < 1.29 is 4.74 Å². The SMILES string of the molecule is COc1cccc2c1ccn2Cc1cccc(Br)c1. The molecule has 19 heavy (non-hydrogen) atoms. The van der Waals surface area contributed by atoms with E-state index < -0.39 is 0 Å². The lowest BCUT2D eigenvalue weighted by Gasteiger charge is -2.07. The molecule has 0 fully saturated rings. The number of fused-ring (bicyclic) bond motifs is 1. The molecule has 3 rings (SSSR count). The Morgan fingerprint density at radius 1 is 1.11 bits per heavy atom. The normalized spacial score (nSPS) is 10.8. The third-order valence-electron chi connectivity index (χ3n) is 3.24. The zero-order valence-corrected chi connectivity index (χ0v) is 12.2.